The van der Waals surface area contributed by atoms with Gasteiger partial charge in [-0.3, -0.25) is 4.99 Å². The largest absolute Gasteiger partial charge is 0.289 e. The predicted octanol–water partition coefficient (Wildman–Crippen LogP) is 7.39. The van der Waals surface area contributed by atoms with E-state index in [1.807, 2.05) is 13.8 Å². The van der Waals surface area contributed by atoms with Crippen molar-refractivity contribution >= 4 is 21.6 Å². The minimum atomic E-state index is 0.373. The van der Waals surface area contributed by atoms with Crippen molar-refractivity contribution in [2.24, 2.45) is 4.99 Å². The van der Waals surface area contributed by atoms with Gasteiger partial charge in [-0.1, -0.05) is 96.5 Å². The summed E-state index contributed by atoms with van der Waals surface area (Å²) in [6.45, 7) is 4.77. The second kappa shape index (κ2) is 10.4. The summed E-state index contributed by atoms with van der Waals surface area (Å²) >= 11 is 3.62. The van der Waals surface area contributed by atoms with E-state index in [-0.39, 0.29) is 0 Å². The molecule has 3 aromatic rings. The van der Waals surface area contributed by atoms with Crippen LogP contribution >= 0.6 is 15.9 Å². The number of nitrogens with zero attached hydrogens (tertiary/aromatic N) is 1. The van der Waals surface area contributed by atoms with Crippen molar-refractivity contribution in [3.8, 4) is 0 Å². The molecule has 1 nitrogen and oxygen atoms in total. The van der Waals surface area contributed by atoms with Crippen LogP contribution in [0.2, 0.25) is 0 Å². The number of aliphatic imine (C=N–C) groups is 1. The van der Waals surface area contributed by atoms with Gasteiger partial charge in [0.15, 0.2) is 0 Å². The molecule has 3 aromatic carbocycles. The van der Waals surface area contributed by atoms with Gasteiger partial charge in [0.1, 0.15) is 0 Å². The van der Waals surface area contributed by atoms with Crippen LogP contribution in [0.1, 0.15) is 48.4 Å². The summed E-state index contributed by atoms with van der Waals surface area (Å²) in [7, 11) is 0. The third kappa shape index (κ3) is 5.20. The van der Waals surface area contributed by atoms with Crippen LogP contribution in [0.25, 0.3) is 0 Å². The van der Waals surface area contributed by atoms with Gasteiger partial charge < -0.3 is 0 Å². The number of benzene rings is 3. The zero-order valence-corrected chi connectivity index (χ0v) is 18.3. The lowest BCUT2D eigenvalue weighted by Crippen LogP contribution is -2.23. The maximum Gasteiger partial charge on any atom is 0.0639 e. The zero-order valence-electron chi connectivity index (χ0n) is 16.7. The second-order valence-electron chi connectivity index (χ2n) is 6.88. The van der Waals surface area contributed by atoms with Crippen LogP contribution in [0.5, 0.6) is 0 Å². The first-order valence-electron chi connectivity index (χ1n) is 10.2. The van der Waals surface area contributed by atoms with Crippen molar-refractivity contribution in [3.05, 3.63) is 106 Å². The molecule has 144 valence electrons. The predicted molar refractivity (Wildman–Crippen MR) is 124 cm³/mol. The highest BCUT2D eigenvalue weighted by Gasteiger charge is 2.26. The van der Waals surface area contributed by atoms with Crippen molar-refractivity contribution in [3.63, 3.8) is 0 Å². The Morgan fingerprint density at radius 2 is 1.46 bits per heavy atom. The highest BCUT2D eigenvalue weighted by Crippen LogP contribution is 2.34. The molecule has 0 amide bonds. The number of fused-ring (bicyclic) bond motifs is 1. The monoisotopic (exact) mass is 433 g/mol. The lowest BCUT2D eigenvalue weighted by atomic mass is 9.78. The van der Waals surface area contributed by atoms with Gasteiger partial charge in [-0.15, -0.1) is 0 Å². The van der Waals surface area contributed by atoms with Gasteiger partial charge >= 0.3 is 0 Å². The quantitative estimate of drug-likeness (QED) is 0.406. The smallest absolute Gasteiger partial charge is 0.0639 e. The molecule has 0 aromatic heterocycles. The van der Waals surface area contributed by atoms with Gasteiger partial charge in [-0.05, 0) is 53.6 Å². The Balaban J connectivity index is 0.00000109. The fourth-order valence-corrected chi connectivity index (χ4v) is 4.20. The minimum Gasteiger partial charge on any atom is -0.289 e. The number of aryl methyl sites for hydroxylation is 1. The van der Waals surface area contributed by atoms with E-state index in [0.717, 1.165) is 25.8 Å². The maximum atomic E-state index is 5.06. The third-order valence-corrected chi connectivity index (χ3v) is 5.62. The van der Waals surface area contributed by atoms with E-state index in [9.17, 15) is 0 Å². The molecule has 0 radical (unpaired) electrons. The third-order valence-electron chi connectivity index (χ3n) is 5.12. The summed E-state index contributed by atoms with van der Waals surface area (Å²) in [5, 5.41) is 0. The number of rotatable bonds is 4. The molecule has 2 heteroatoms. The van der Waals surface area contributed by atoms with E-state index in [4.69, 9.17) is 4.99 Å². The molecule has 0 heterocycles. The fraction of sp³-hybridized carbons (Fsp3) is 0.269. The molecule has 0 aliphatic heterocycles. The SMILES string of the molecule is Brc1ccc2c(c1)CCC(=NCc1ccccc1)C2Cc1ccccc1.CC. The van der Waals surface area contributed by atoms with Crippen molar-refractivity contribution in [2.45, 2.75) is 45.6 Å². The van der Waals surface area contributed by atoms with E-state index >= 15 is 0 Å². The molecule has 1 unspecified atom stereocenters. The van der Waals surface area contributed by atoms with Gasteiger partial charge in [0.25, 0.3) is 0 Å². The Kier molecular flexibility index (Phi) is 7.62. The molecule has 0 spiro atoms. The van der Waals surface area contributed by atoms with Gasteiger partial charge in [0.2, 0.25) is 0 Å². The molecule has 0 fully saturated rings. The molecular formula is C26H28BrN. The van der Waals surface area contributed by atoms with E-state index in [0.29, 0.717) is 5.92 Å². The van der Waals surface area contributed by atoms with Gasteiger partial charge in [0, 0.05) is 16.1 Å². The van der Waals surface area contributed by atoms with E-state index in [1.165, 1.54) is 32.4 Å². The summed E-state index contributed by atoms with van der Waals surface area (Å²) < 4.78 is 1.17. The number of halogens is 1. The van der Waals surface area contributed by atoms with Crippen LogP contribution in [-0.4, -0.2) is 5.71 Å². The topological polar surface area (TPSA) is 12.4 Å². The van der Waals surface area contributed by atoms with Crippen LogP contribution in [0.3, 0.4) is 0 Å². The fourth-order valence-electron chi connectivity index (χ4n) is 3.79. The summed E-state index contributed by atoms with van der Waals surface area (Å²) in [5.41, 5.74) is 6.89. The van der Waals surface area contributed by atoms with Crippen LogP contribution in [0.15, 0.2) is 88.3 Å². The average molecular weight is 434 g/mol. The van der Waals surface area contributed by atoms with Crippen molar-refractivity contribution in [1.29, 1.82) is 0 Å². The Labute approximate surface area is 177 Å². The molecule has 28 heavy (non-hydrogen) atoms. The standard InChI is InChI=1S/C24H22BrN.C2H6/c25-21-12-13-22-20(16-21)11-14-24(26-17-19-9-5-2-6-10-19)23(22)15-18-7-3-1-4-8-18;1-2/h1-10,12-13,16,23H,11,14-15,17H2;1-2H3. The van der Waals surface area contributed by atoms with Crippen molar-refractivity contribution in [1.82, 2.24) is 0 Å². The summed E-state index contributed by atoms with van der Waals surface area (Å²) in [6, 6.07) is 28.1. The molecule has 0 N–H and O–H groups in total. The first-order valence-corrected chi connectivity index (χ1v) is 11.0. The molecular weight excluding hydrogens is 406 g/mol. The number of hydrogen-bond donors (Lipinski definition) is 0. The normalized spacial score (nSPS) is 16.8. The minimum absolute atomic E-state index is 0.373. The van der Waals surface area contributed by atoms with Gasteiger partial charge in [0.05, 0.1) is 6.54 Å². The van der Waals surface area contributed by atoms with Gasteiger partial charge in [-0.25, -0.2) is 0 Å². The van der Waals surface area contributed by atoms with E-state index < -0.39 is 0 Å². The second-order valence-corrected chi connectivity index (χ2v) is 7.79. The summed E-state index contributed by atoms with van der Waals surface area (Å²) in [5.74, 6) is 0.373. The molecule has 0 saturated heterocycles. The molecule has 0 saturated carbocycles. The highest BCUT2D eigenvalue weighted by atomic mass is 79.9. The Bertz CT molecular complexity index is 900. The average Bonchev–Trinajstić information content (AvgIpc) is 2.76. The highest BCUT2D eigenvalue weighted by molar-refractivity contribution is 9.10. The van der Waals surface area contributed by atoms with Crippen LogP contribution in [-0.2, 0) is 19.4 Å². The van der Waals surface area contributed by atoms with Crippen LogP contribution < -0.4 is 0 Å². The number of hydrogen-bond acceptors (Lipinski definition) is 1. The Morgan fingerprint density at radius 3 is 2.14 bits per heavy atom. The first-order chi connectivity index (χ1) is 13.8. The molecule has 0 bridgehead atoms. The molecule has 1 atom stereocenters. The first kappa shape index (κ1) is 20.5. The molecule has 4 rings (SSSR count). The zero-order chi connectivity index (χ0) is 19.8. The van der Waals surface area contributed by atoms with Crippen LogP contribution in [0, 0.1) is 0 Å². The van der Waals surface area contributed by atoms with Crippen molar-refractivity contribution in [2.75, 3.05) is 0 Å². The van der Waals surface area contributed by atoms with Gasteiger partial charge in [-0.2, -0.15) is 0 Å². The van der Waals surface area contributed by atoms with E-state index in [1.54, 1.807) is 0 Å². The Hall–Kier alpha value is -2.19. The lowest BCUT2D eigenvalue weighted by Gasteiger charge is -2.28. The summed E-state index contributed by atoms with van der Waals surface area (Å²) in [4.78, 5) is 5.06. The Morgan fingerprint density at radius 1 is 0.821 bits per heavy atom. The van der Waals surface area contributed by atoms with Crippen LogP contribution in [0.4, 0.5) is 0 Å². The molecule has 1 aliphatic rings. The van der Waals surface area contributed by atoms with E-state index in [2.05, 4.69) is 94.8 Å². The summed E-state index contributed by atoms with van der Waals surface area (Å²) in [6.07, 6.45) is 3.14. The van der Waals surface area contributed by atoms with Crippen molar-refractivity contribution < 1.29 is 0 Å². The lowest BCUT2D eigenvalue weighted by molar-refractivity contribution is 0.776. The maximum absolute atomic E-state index is 5.06. The molecule has 1 aliphatic carbocycles.